The van der Waals surface area contributed by atoms with Gasteiger partial charge in [0, 0.05) is 30.7 Å². The lowest BCUT2D eigenvalue weighted by molar-refractivity contribution is 0.102. The summed E-state index contributed by atoms with van der Waals surface area (Å²) in [6.07, 6.45) is 15.9. The van der Waals surface area contributed by atoms with Gasteiger partial charge in [0.25, 0.3) is 0 Å². The Hall–Kier alpha value is -4.12. The first kappa shape index (κ1) is 26.5. The molecule has 3 rings (SSSR count). The van der Waals surface area contributed by atoms with Crippen LogP contribution in [0.5, 0.6) is 0 Å². The third kappa shape index (κ3) is 7.19. The second-order valence-electron chi connectivity index (χ2n) is 8.29. The van der Waals surface area contributed by atoms with Crippen LogP contribution in [0, 0.1) is 0 Å². The number of ketones is 1. The first-order valence-electron chi connectivity index (χ1n) is 12.3. The Morgan fingerprint density at radius 3 is 2.42 bits per heavy atom. The van der Waals surface area contributed by atoms with Gasteiger partial charge in [-0.25, -0.2) is 4.98 Å². The molecule has 0 N–H and O–H groups in total. The second-order valence-corrected chi connectivity index (χ2v) is 8.29. The number of benzene rings is 1. The van der Waals surface area contributed by atoms with Crippen LogP contribution in [-0.4, -0.2) is 26.5 Å². The molecule has 0 aliphatic heterocycles. The van der Waals surface area contributed by atoms with Gasteiger partial charge >= 0.3 is 0 Å². The average molecular weight is 479 g/mol. The van der Waals surface area contributed by atoms with E-state index in [9.17, 15) is 4.79 Å². The van der Waals surface area contributed by atoms with Crippen molar-refractivity contribution < 1.29 is 4.79 Å². The molecule has 5 nitrogen and oxygen atoms in total. The number of unbranched alkanes of at least 4 members (excludes halogenated alkanes) is 1. The first-order chi connectivity index (χ1) is 17.6. The molecule has 0 atom stereocenters. The minimum atomic E-state index is -0.201. The van der Waals surface area contributed by atoms with Crippen LogP contribution in [0.3, 0.4) is 0 Å². The first-order valence-corrected chi connectivity index (χ1v) is 12.3. The molecule has 3 aromatic rings. The van der Waals surface area contributed by atoms with Gasteiger partial charge in [0.1, 0.15) is 5.69 Å². The monoisotopic (exact) mass is 478 g/mol. The zero-order chi connectivity index (χ0) is 25.8. The van der Waals surface area contributed by atoms with Gasteiger partial charge in [-0.1, -0.05) is 67.3 Å². The number of nitrogens with zero attached hydrogens (tertiary/aromatic N) is 4. The molecule has 2 aromatic heterocycles. The molecular weight excluding hydrogens is 444 g/mol. The number of aryl methyl sites for hydroxylation is 2. The molecule has 0 unspecified atom stereocenters. The van der Waals surface area contributed by atoms with Gasteiger partial charge in [0.05, 0.1) is 11.4 Å². The van der Waals surface area contributed by atoms with Gasteiger partial charge in [-0.3, -0.25) is 14.8 Å². The summed E-state index contributed by atoms with van der Waals surface area (Å²) in [6.45, 7) is 10.5. The Bertz CT molecular complexity index is 1280. The Morgan fingerprint density at radius 1 is 0.972 bits per heavy atom. The van der Waals surface area contributed by atoms with Crippen LogP contribution >= 0.6 is 0 Å². The highest BCUT2D eigenvalue weighted by atomic mass is 16.1. The van der Waals surface area contributed by atoms with E-state index in [1.54, 1.807) is 18.5 Å². The molecular formula is C31H34N4O. The van der Waals surface area contributed by atoms with Crippen molar-refractivity contribution in [2.75, 3.05) is 0 Å². The summed E-state index contributed by atoms with van der Waals surface area (Å²) in [6, 6.07) is 16.1. The molecule has 2 heterocycles. The predicted molar refractivity (Wildman–Crippen MR) is 149 cm³/mol. The molecule has 0 radical (unpaired) electrons. The fourth-order valence-corrected chi connectivity index (χ4v) is 3.86. The molecule has 0 amide bonds. The molecule has 0 fully saturated rings. The highest BCUT2D eigenvalue weighted by molar-refractivity contribution is 6.08. The van der Waals surface area contributed by atoms with E-state index < -0.39 is 0 Å². The lowest BCUT2D eigenvalue weighted by atomic mass is 10.1. The summed E-state index contributed by atoms with van der Waals surface area (Å²) >= 11 is 0. The Labute approximate surface area is 214 Å². The summed E-state index contributed by atoms with van der Waals surface area (Å²) in [5, 5.41) is 0. The van der Waals surface area contributed by atoms with E-state index in [1.165, 1.54) is 5.56 Å². The zero-order valence-corrected chi connectivity index (χ0v) is 21.4. The van der Waals surface area contributed by atoms with Crippen LogP contribution in [0.25, 0.3) is 11.4 Å². The standard InChI is InChI=1S/C31H34N4O/c1-5-26(27(6-2)32-7-3)20-19-24(4)30(36)31-34-29(28-18-11-13-21-33-28)23-35(31)22-14-12-17-25-15-9-8-10-16-25/h5-11,13,15-16,18-21,23H,4,12,14,17,22H2,1-3H3/b20-19-,26-5+,27-6-,32-7?. The lowest BCUT2D eigenvalue weighted by Crippen LogP contribution is -2.11. The van der Waals surface area contributed by atoms with E-state index >= 15 is 0 Å². The van der Waals surface area contributed by atoms with Crippen LogP contribution < -0.4 is 0 Å². The van der Waals surface area contributed by atoms with E-state index in [0.717, 1.165) is 36.2 Å². The molecule has 0 spiro atoms. The summed E-state index contributed by atoms with van der Waals surface area (Å²) in [7, 11) is 0. The van der Waals surface area contributed by atoms with Crippen LogP contribution in [0.4, 0.5) is 0 Å². The largest absolute Gasteiger partial charge is 0.327 e. The fourth-order valence-electron chi connectivity index (χ4n) is 3.86. The number of hydrogen-bond acceptors (Lipinski definition) is 4. The number of aromatic nitrogens is 3. The van der Waals surface area contributed by atoms with Crippen LogP contribution in [0.2, 0.25) is 0 Å². The average Bonchev–Trinajstić information content (AvgIpc) is 3.35. The molecule has 184 valence electrons. The number of Topliss-reactive ketones (excluding diaryl/α,β-unsaturated/α-hetero) is 1. The lowest BCUT2D eigenvalue weighted by Gasteiger charge is -2.08. The Kier molecular flexibility index (Phi) is 10.1. The third-order valence-electron chi connectivity index (χ3n) is 5.77. The van der Waals surface area contributed by atoms with Crippen molar-refractivity contribution in [1.82, 2.24) is 14.5 Å². The fraction of sp³-hybridized carbons (Fsp3) is 0.226. The topological polar surface area (TPSA) is 60.1 Å². The van der Waals surface area contributed by atoms with Crippen molar-refractivity contribution in [3.8, 4) is 11.4 Å². The van der Waals surface area contributed by atoms with Gasteiger partial charge in [-0.2, -0.15) is 0 Å². The number of carbonyl (C=O) groups excluding carboxylic acids is 1. The Balaban J connectivity index is 1.79. The zero-order valence-electron chi connectivity index (χ0n) is 21.4. The van der Waals surface area contributed by atoms with Gasteiger partial charge in [0.15, 0.2) is 5.82 Å². The van der Waals surface area contributed by atoms with E-state index in [1.807, 2.05) is 74.0 Å². The van der Waals surface area contributed by atoms with Gasteiger partial charge in [-0.15, -0.1) is 0 Å². The molecule has 0 aliphatic carbocycles. The maximum Gasteiger partial charge on any atom is 0.227 e. The number of hydrogen-bond donors (Lipinski definition) is 0. The number of allylic oxidation sites excluding steroid dienone is 5. The van der Waals surface area contributed by atoms with Crippen LogP contribution in [0.1, 0.15) is 49.8 Å². The van der Waals surface area contributed by atoms with Crippen molar-refractivity contribution in [1.29, 1.82) is 0 Å². The quantitative estimate of drug-likeness (QED) is 0.0909. The van der Waals surface area contributed by atoms with E-state index in [2.05, 4.69) is 45.8 Å². The smallest absolute Gasteiger partial charge is 0.227 e. The molecule has 36 heavy (non-hydrogen) atoms. The Morgan fingerprint density at radius 2 is 1.75 bits per heavy atom. The number of carbonyl (C=O) groups is 1. The minimum Gasteiger partial charge on any atom is -0.327 e. The summed E-state index contributed by atoms with van der Waals surface area (Å²) < 4.78 is 1.94. The minimum absolute atomic E-state index is 0.201. The van der Waals surface area contributed by atoms with Crippen molar-refractivity contribution in [2.45, 2.75) is 46.6 Å². The van der Waals surface area contributed by atoms with Crippen LogP contribution in [0.15, 0.2) is 114 Å². The third-order valence-corrected chi connectivity index (χ3v) is 5.77. The molecule has 0 aliphatic rings. The molecule has 1 aromatic carbocycles. The summed E-state index contributed by atoms with van der Waals surface area (Å²) in [4.78, 5) is 26.9. The normalized spacial score (nSPS) is 12.5. The molecule has 5 heteroatoms. The number of imidazole rings is 1. The predicted octanol–water partition coefficient (Wildman–Crippen LogP) is 7.20. The molecule has 0 saturated carbocycles. The highest BCUT2D eigenvalue weighted by Crippen LogP contribution is 2.20. The van der Waals surface area contributed by atoms with Crippen LogP contribution in [-0.2, 0) is 13.0 Å². The van der Waals surface area contributed by atoms with Crippen molar-refractivity contribution in [3.05, 3.63) is 120 Å². The van der Waals surface area contributed by atoms with E-state index in [-0.39, 0.29) is 5.78 Å². The van der Waals surface area contributed by atoms with Gasteiger partial charge in [0.2, 0.25) is 5.78 Å². The van der Waals surface area contributed by atoms with Gasteiger partial charge < -0.3 is 4.57 Å². The van der Waals surface area contributed by atoms with E-state index in [0.29, 0.717) is 23.6 Å². The van der Waals surface area contributed by atoms with Crippen molar-refractivity contribution >= 4 is 12.0 Å². The number of pyridine rings is 1. The van der Waals surface area contributed by atoms with Gasteiger partial charge in [-0.05, 0) is 63.3 Å². The van der Waals surface area contributed by atoms with E-state index in [4.69, 9.17) is 0 Å². The summed E-state index contributed by atoms with van der Waals surface area (Å²) in [5.41, 5.74) is 4.87. The highest BCUT2D eigenvalue weighted by Gasteiger charge is 2.18. The number of aliphatic imine (C=N–C) groups is 1. The maximum atomic E-state index is 13.4. The maximum absolute atomic E-state index is 13.4. The molecule has 0 bridgehead atoms. The SMILES string of the molecule is C=C(\C=C/C(=C\C)C(=C/C)/N=CC)C(=O)c1nc(-c2ccccn2)cn1CCCCc1ccccc1. The van der Waals surface area contributed by atoms with Crippen molar-refractivity contribution in [3.63, 3.8) is 0 Å². The number of rotatable bonds is 12. The second kappa shape index (κ2) is 13.7. The molecule has 0 saturated heterocycles. The van der Waals surface area contributed by atoms with Crippen molar-refractivity contribution in [2.24, 2.45) is 4.99 Å². The summed E-state index contributed by atoms with van der Waals surface area (Å²) in [5.74, 6) is 0.179.